The largest absolute Gasteiger partial charge is 0.459 e. The minimum Gasteiger partial charge on any atom is -0.459 e. The smallest absolute Gasteiger partial charge is 0.320 e. The molecule has 86 valence electrons. The molecule has 1 N–H and O–H groups in total. The number of rotatable bonds is 3. The van der Waals surface area contributed by atoms with Gasteiger partial charge in [-0.2, -0.15) is 0 Å². The first-order valence-electron chi connectivity index (χ1n) is 5.00. The highest BCUT2D eigenvalue weighted by atomic mass is 32.2. The Morgan fingerprint density at radius 3 is 2.73 bits per heavy atom. The van der Waals surface area contributed by atoms with Crippen LogP contribution in [0.25, 0.3) is 0 Å². The fourth-order valence-corrected chi connectivity index (χ4v) is 2.22. The predicted molar refractivity (Wildman–Crippen MR) is 59.7 cm³/mol. The van der Waals surface area contributed by atoms with Gasteiger partial charge in [-0.25, -0.2) is 0 Å². The van der Waals surface area contributed by atoms with Crippen molar-refractivity contribution >= 4 is 22.8 Å². The van der Waals surface area contributed by atoms with Gasteiger partial charge in [-0.1, -0.05) is 11.8 Å². The van der Waals surface area contributed by atoms with Crippen molar-refractivity contribution in [3.8, 4) is 0 Å². The molecule has 0 saturated carbocycles. The van der Waals surface area contributed by atoms with Gasteiger partial charge in [0, 0.05) is 5.75 Å². The van der Waals surface area contributed by atoms with E-state index in [-0.39, 0.29) is 23.7 Å². The molecule has 0 aromatic carbocycles. The van der Waals surface area contributed by atoms with Crippen LogP contribution in [0.15, 0.2) is 0 Å². The van der Waals surface area contributed by atoms with Crippen molar-refractivity contribution in [2.24, 2.45) is 0 Å². The van der Waals surface area contributed by atoms with Crippen LogP contribution in [0.5, 0.6) is 0 Å². The SMILES string of the molecule is CC(C)(C)OC(=O)CNC1CCSC1=O. The number of hydrogen-bond acceptors (Lipinski definition) is 5. The lowest BCUT2D eigenvalue weighted by atomic mass is 10.2. The summed E-state index contributed by atoms with van der Waals surface area (Å²) in [5, 5.41) is 3.03. The van der Waals surface area contributed by atoms with E-state index >= 15 is 0 Å². The van der Waals surface area contributed by atoms with Crippen molar-refractivity contribution in [1.82, 2.24) is 5.32 Å². The number of carbonyl (C=O) groups is 2. The second kappa shape index (κ2) is 4.99. The van der Waals surface area contributed by atoms with E-state index < -0.39 is 5.60 Å². The first-order chi connectivity index (χ1) is 6.88. The predicted octanol–water partition coefficient (Wildman–Crippen LogP) is 0.950. The zero-order valence-electron chi connectivity index (χ0n) is 9.33. The number of ether oxygens (including phenoxy) is 1. The third-order valence-corrected chi connectivity index (χ3v) is 2.86. The molecule has 0 spiro atoms. The van der Waals surface area contributed by atoms with E-state index in [9.17, 15) is 9.59 Å². The fraction of sp³-hybridized carbons (Fsp3) is 0.800. The van der Waals surface area contributed by atoms with Gasteiger partial charge in [-0.3, -0.25) is 14.9 Å². The molecule has 1 atom stereocenters. The Balaban J connectivity index is 2.25. The van der Waals surface area contributed by atoms with Gasteiger partial charge in [-0.15, -0.1) is 0 Å². The van der Waals surface area contributed by atoms with Crippen molar-refractivity contribution in [2.75, 3.05) is 12.3 Å². The van der Waals surface area contributed by atoms with Crippen molar-refractivity contribution in [3.05, 3.63) is 0 Å². The van der Waals surface area contributed by atoms with Gasteiger partial charge >= 0.3 is 5.97 Å². The molecule has 1 aliphatic heterocycles. The third-order valence-electron chi connectivity index (χ3n) is 1.85. The summed E-state index contributed by atoms with van der Waals surface area (Å²) in [6.07, 6.45) is 0.798. The fourth-order valence-electron chi connectivity index (χ4n) is 1.27. The van der Waals surface area contributed by atoms with Crippen LogP contribution in [0, 0.1) is 0 Å². The van der Waals surface area contributed by atoms with Gasteiger partial charge < -0.3 is 4.74 Å². The molecule has 1 heterocycles. The highest BCUT2D eigenvalue weighted by Gasteiger charge is 2.26. The van der Waals surface area contributed by atoms with E-state index in [2.05, 4.69) is 5.32 Å². The first-order valence-corrected chi connectivity index (χ1v) is 5.99. The monoisotopic (exact) mass is 231 g/mol. The van der Waals surface area contributed by atoms with Gasteiger partial charge in [0.05, 0.1) is 12.6 Å². The minimum absolute atomic E-state index is 0.105. The van der Waals surface area contributed by atoms with E-state index in [0.717, 1.165) is 12.2 Å². The molecular formula is C10H17NO3S. The van der Waals surface area contributed by atoms with Crippen LogP contribution in [-0.4, -0.2) is 35.0 Å². The van der Waals surface area contributed by atoms with Crippen LogP contribution >= 0.6 is 11.8 Å². The van der Waals surface area contributed by atoms with E-state index in [0.29, 0.717) is 0 Å². The Bertz CT molecular complexity index is 260. The molecule has 0 aliphatic carbocycles. The highest BCUT2D eigenvalue weighted by molar-refractivity contribution is 8.14. The molecule has 0 radical (unpaired) electrons. The van der Waals surface area contributed by atoms with E-state index in [4.69, 9.17) is 4.74 Å². The number of esters is 1. The van der Waals surface area contributed by atoms with Crippen molar-refractivity contribution < 1.29 is 14.3 Å². The molecule has 0 aromatic rings. The molecule has 0 amide bonds. The molecule has 0 bridgehead atoms. The highest BCUT2D eigenvalue weighted by Crippen LogP contribution is 2.19. The standard InChI is InChI=1S/C10H17NO3S/c1-10(2,3)14-8(12)6-11-7-4-5-15-9(7)13/h7,11H,4-6H2,1-3H3. The molecule has 1 saturated heterocycles. The Labute approximate surface area is 94.1 Å². The van der Waals surface area contributed by atoms with E-state index in [1.54, 1.807) is 0 Å². The second-order valence-electron chi connectivity index (χ2n) is 4.48. The lowest BCUT2D eigenvalue weighted by Gasteiger charge is -2.20. The summed E-state index contributed by atoms with van der Waals surface area (Å²) < 4.78 is 5.11. The van der Waals surface area contributed by atoms with Crippen LogP contribution in [0.2, 0.25) is 0 Å². The topological polar surface area (TPSA) is 55.4 Å². The van der Waals surface area contributed by atoms with Gasteiger partial charge in [-0.05, 0) is 27.2 Å². The number of hydrogen-bond donors (Lipinski definition) is 1. The molecule has 1 aliphatic rings. The molecule has 4 nitrogen and oxygen atoms in total. The number of nitrogens with one attached hydrogen (secondary N) is 1. The quantitative estimate of drug-likeness (QED) is 0.733. The number of thioether (sulfide) groups is 1. The van der Waals surface area contributed by atoms with Crippen LogP contribution < -0.4 is 5.32 Å². The number of carbonyl (C=O) groups excluding carboxylic acids is 2. The molecule has 15 heavy (non-hydrogen) atoms. The molecule has 1 unspecified atom stereocenters. The summed E-state index contributed by atoms with van der Waals surface area (Å²) in [6, 6.07) is -0.178. The Morgan fingerprint density at radius 1 is 1.60 bits per heavy atom. The maximum Gasteiger partial charge on any atom is 0.320 e. The summed E-state index contributed by atoms with van der Waals surface area (Å²) in [5.41, 5.74) is -0.465. The van der Waals surface area contributed by atoms with Crippen LogP contribution in [0.3, 0.4) is 0 Å². The lowest BCUT2D eigenvalue weighted by molar-refractivity contribution is -0.153. The van der Waals surface area contributed by atoms with E-state index in [1.165, 1.54) is 11.8 Å². The molecule has 1 rings (SSSR count). The van der Waals surface area contributed by atoms with Gasteiger partial charge in [0.1, 0.15) is 5.60 Å². The zero-order chi connectivity index (χ0) is 11.5. The third kappa shape index (κ3) is 4.66. The summed E-state index contributed by atoms with van der Waals surface area (Å²) in [4.78, 5) is 22.5. The van der Waals surface area contributed by atoms with Crippen LogP contribution in [0.1, 0.15) is 27.2 Å². The van der Waals surface area contributed by atoms with Crippen molar-refractivity contribution in [3.63, 3.8) is 0 Å². The first kappa shape index (κ1) is 12.5. The maximum atomic E-state index is 11.3. The summed E-state index contributed by atoms with van der Waals surface area (Å²) in [6.45, 7) is 5.57. The Hall–Kier alpha value is -0.550. The molecule has 5 heteroatoms. The normalized spacial score (nSPS) is 21.8. The average Bonchev–Trinajstić information content (AvgIpc) is 2.44. The Morgan fingerprint density at radius 2 is 2.27 bits per heavy atom. The summed E-state index contributed by atoms with van der Waals surface area (Å²) >= 11 is 1.32. The van der Waals surface area contributed by atoms with Gasteiger partial charge in [0.2, 0.25) is 5.12 Å². The lowest BCUT2D eigenvalue weighted by Crippen LogP contribution is -2.38. The van der Waals surface area contributed by atoms with E-state index in [1.807, 2.05) is 20.8 Å². The minimum atomic E-state index is -0.465. The maximum absolute atomic E-state index is 11.3. The summed E-state index contributed by atoms with van der Waals surface area (Å²) in [7, 11) is 0. The average molecular weight is 231 g/mol. The van der Waals surface area contributed by atoms with Gasteiger partial charge in [0.15, 0.2) is 0 Å². The Kier molecular flexibility index (Phi) is 4.16. The molecular weight excluding hydrogens is 214 g/mol. The molecule has 1 fully saturated rings. The van der Waals surface area contributed by atoms with Gasteiger partial charge in [0.25, 0.3) is 0 Å². The zero-order valence-corrected chi connectivity index (χ0v) is 10.1. The van der Waals surface area contributed by atoms with Crippen molar-refractivity contribution in [1.29, 1.82) is 0 Å². The second-order valence-corrected chi connectivity index (χ2v) is 5.58. The van der Waals surface area contributed by atoms with Crippen LogP contribution in [0.4, 0.5) is 0 Å². The molecule has 0 aromatic heterocycles. The summed E-state index contributed by atoms with van der Waals surface area (Å²) in [5.74, 6) is 0.525. The van der Waals surface area contributed by atoms with Crippen LogP contribution in [-0.2, 0) is 14.3 Å². The van der Waals surface area contributed by atoms with Crippen molar-refractivity contribution in [2.45, 2.75) is 38.8 Å².